The van der Waals surface area contributed by atoms with Gasteiger partial charge in [0.25, 0.3) is 0 Å². The molecule has 1 rings (SSSR count). The van der Waals surface area contributed by atoms with Gasteiger partial charge in [-0.15, -0.1) is 0 Å². The van der Waals surface area contributed by atoms with Crippen LogP contribution in [-0.2, 0) is 23.0 Å². The van der Waals surface area contributed by atoms with Gasteiger partial charge in [0.2, 0.25) is 0 Å². The molecule has 13 heavy (non-hydrogen) atoms. The number of halogens is 1. The van der Waals surface area contributed by atoms with E-state index in [9.17, 15) is 4.79 Å². The number of benzene rings is 1. The van der Waals surface area contributed by atoms with Gasteiger partial charge in [-0.3, -0.25) is 0 Å². The van der Waals surface area contributed by atoms with Crippen LogP contribution in [0.2, 0.25) is 0 Å². The first-order valence-corrected chi connectivity index (χ1v) is 5.31. The van der Waals surface area contributed by atoms with Gasteiger partial charge in [-0.1, -0.05) is 0 Å². The average Bonchev–Trinajstić information content (AvgIpc) is 2.06. The van der Waals surface area contributed by atoms with Crippen LogP contribution in [0.1, 0.15) is 17.3 Å². The fraction of sp³-hybridized carbons (Fsp3) is 0.222. The van der Waals surface area contributed by atoms with E-state index in [-0.39, 0.29) is 23.0 Å². The Kier molecular flexibility index (Phi) is 6.18. The van der Waals surface area contributed by atoms with Crippen molar-refractivity contribution in [1.82, 2.24) is 0 Å². The number of hydrogen-bond acceptors (Lipinski definition) is 2. The summed E-state index contributed by atoms with van der Waals surface area (Å²) >= 11 is 1.11. The second kappa shape index (κ2) is 6.28. The zero-order valence-electron chi connectivity index (χ0n) is 7.42. The van der Waals surface area contributed by atoms with E-state index in [1.807, 2.05) is 12.1 Å². The van der Waals surface area contributed by atoms with E-state index >= 15 is 0 Å². The van der Waals surface area contributed by atoms with E-state index in [0.29, 0.717) is 12.2 Å². The summed E-state index contributed by atoms with van der Waals surface area (Å²) in [7, 11) is 0. The van der Waals surface area contributed by atoms with E-state index in [2.05, 4.69) is 0 Å². The predicted octanol–water partition coefficient (Wildman–Crippen LogP) is -1.96. The Morgan fingerprint density at radius 1 is 1.38 bits per heavy atom. The third-order valence-corrected chi connectivity index (χ3v) is 2.45. The first-order valence-electron chi connectivity index (χ1n) is 3.83. The SMILES string of the molecule is CCOC(=O)c1cc[c]([Zn+])cc1.[Br-]. The van der Waals surface area contributed by atoms with Crippen LogP contribution in [0, 0.1) is 0 Å². The number of hydrogen-bond donors (Lipinski definition) is 0. The number of esters is 1. The van der Waals surface area contributed by atoms with Crippen molar-refractivity contribution in [2.24, 2.45) is 0 Å². The van der Waals surface area contributed by atoms with Crippen molar-refractivity contribution in [3.05, 3.63) is 29.8 Å². The van der Waals surface area contributed by atoms with Gasteiger partial charge in [-0.25, -0.2) is 0 Å². The first-order chi connectivity index (χ1) is 5.74. The Balaban J connectivity index is 0.00000144. The molecule has 0 amide bonds. The molecule has 1 aromatic carbocycles. The van der Waals surface area contributed by atoms with Gasteiger partial charge in [0.15, 0.2) is 0 Å². The van der Waals surface area contributed by atoms with Crippen LogP contribution in [0.5, 0.6) is 0 Å². The predicted molar refractivity (Wildman–Crippen MR) is 42.0 cm³/mol. The molecule has 0 aliphatic heterocycles. The molecule has 0 saturated carbocycles. The molecule has 4 heteroatoms. The molecule has 0 spiro atoms. The molecule has 0 N–H and O–H groups in total. The maximum atomic E-state index is 11.1. The molecule has 0 aliphatic carbocycles. The number of ether oxygens (including phenoxy) is 1. The van der Waals surface area contributed by atoms with Crippen LogP contribution in [0.15, 0.2) is 24.3 Å². The fourth-order valence-corrected chi connectivity index (χ4v) is 1.35. The smallest absolute Gasteiger partial charge is 1.00 e. The zero-order chi connectivity index (χ0) is 8.97. The van der Waals surface area contributed by atoms with Crippen LogP contribution in [0.3, 0.4) is 0 Å². The van der Waals surface area contributed by atoms with Gasteiger partial charge in [-0.05, 0) is 0 Å². The van der Waals surface area contributed by atoms with Gasteiger partial charge in [-0.2, -0.15) is 0 Å². The van der Waals surface area contributed by atoms with Gasteiger partial charge in [0.05, 0.1) is 0 Å². The topological polar surface area (TPSA) is 26.3 Å². The molecule has 0 saturated heterocycles. The third-order valence-electron chi connectivity index (χ3n) is 1.47. The van der Waals surface area contributed by atoms with Crippen molar-refractivity contribution in [3.63, 3.8) is 0 Å². The summed E-state index contributed by atoms with van der Waals surface area (Å²) in [6.07, 6.45) is 0. The van der Waals surface area contributed by atoms with Crippen molar-refractivity contribution in [2.75, 3.05) is 6.61 Å². The molecular formula is C9H9BrO2Zn. The Morgan fingerprint density at radius 2 is 1.92 bits per heavy atom. The molecule has 0 radical (unpaired) electrons. The molecule has 1 aromatic rings. The van der Waals surface area contributed by atoms with Gasteiger partial charge in [0.1, 0.15) is 0 Å². The van der Waals surface area contributed by atoms with E-state index in [4.69, 9.17) is 4.74 Å². The maximum absolute atomic E-state index is 11.1. The quantitative estimate of drug-likeness (QED) is 0.468. The average molecular weight is 294 g/mol. The Bertz CT molecular complexity index is 271. The molecule has 0 unspecified atom stereocenters. The molecule has 0 aliphatic rings. The second-order valence-corrected chi connectivity index (χ2v) is 4.13. The Hall–Kier alpha value is -0.207. The van der Waals surface area contributed by atoms with Crippen molar-refractivity contribution in [3.8, 4) is 0 Å². The van der Waals surface area contributed by atoms with Crippen molar-refractivity contribution >= 4 is 10.1 Å². The number of rotatable bonds is 2. The first kappa shape index (κ1) is 12.8. The van der Waals surface area contributed by atoms with Crippen molar-refractivity contribution in [1.29, 1.82) is 0 Å². The standard InChI is InChI=1S/C9H9O2.BrH.Zn/c1-2-11-9(10)8-6-4-3-5-7-8;;/h4-7H,2H2,1H3;1H;/q;;+1/p-1. The summed E-state index contributed by atoms with van der Waals surface area (Å²) in [4.78, 5) is 11.1. The van der Waals surface area contributed by atoms with Gasteiger partial charge < -0.3 is 17.0 Å². The van der Waals surface area contributed by atoms with Crippen LogP contribution in [0.4, 0.5) is 0 Å². The van der Waals surface area contributed by atoms with Crippen LogP contribution in [0.25, 0.3) is 0 Å². The second-order valence-electron chi connectivity index (χ2n) is 2.42. The van der Waals surface area contributed by atoms with E-state index in [1.165, 1.54) is 4.16 Å². The minimum Gasteiger partial charge on any atom is -1.00 e. The summed E-state index contributed by atoms with van der Waals surface area (Å²) in [5, 5.41) is 0. The molecule has 66 valence electrons. The number of carbonyl (C=O) groups excluding carboxylic acids is 1. The Labute approximate surface area is 98.1 Å². The molecule has 0 fully saturated rings. The van der Waals surface area contributed by atoms with Crippen molar-refractivity contribution < 1.29 is 44.8 Å². The van der Waals surface area contributed by atoms with Crippen LogP contribution in [-0.4, -0.2) is 12.6 Å². The summed E-state index contributed by atoms with van der Waals surface area (Å²) in [5.74, 6) is -0.238. The molecular weight excluding hydrogens is 285 g/mol. The van der Waals surface area contributed by atoms with E-state index in [0.717, 1.165) is 18.3 Å². The molecule has 0 atom stereocenters. The van der Waals surface area contributed by atoms with Crippen LogP contribution >= 0.6 is 0 Å². The van der Waals surface area contributed by atoms with Crippen LogP contribution < -0.4 is 21.1 Å². The molecule has 2 nitrogen and oxygen atoms in total. The third kappa shape index (κ3) is 4.01. The van der Waals surface area contributed by atoms with E-state index in [1.54, 1.807) is 19.1 Å². The molecule has 0 bridgehead atoms. The summed E-state index contributed by atoms with van der Waals surface area (Å²) < 4.78 is 6.11. The fourth-order valence-electron chi connectivity index (χ4n) is 0.855. The van der Waals surface area contributed by atoms with Crippen molar-refractivity contribution in [2.45, 2.75) is 6.92 Å². The Morgan fingerprint density at radius 3 is 2.38 bits per heavy atom. The monoisotopic (exact) mass is 292 g/mol. The molecule has 0 aromatic heterocycles. The normalized spacial score (nSPS) is 8.85. The minimum absolute atomic E-state index is 0. The summed E-state index contributed by atoms with van der Waals surface area (Å²) in [6.45, 7) is 2.24. The number of carbonyl (C=O) groups is 1. The summed E-state index contributed by atoms with van der Waals surface area (Å²) in [6, 6.07) is 7.51. The van der Waals surface area contributed by atoms with Gasteiger partial charge in [0, 0.05) is 0 Å². The largest absolute Gasteiger partial charge is 1.00 e. The minimum atomic E-state index is -0.238. The maximum Gasteiger partial charge on any atom is -1.00 e. The molecule has 0 heterocycles. The van der Waals surface area contributed by atoms with Gasteiger partial charge >= 0.3 is 81.3 Å². The van der Waals surface area contributed by atoms with E-state index < -0.39 is 0 Å². The summed E-state index contributed by atoms with van der Waals surface area (Å²) in [5.41, 5.74) is 0.633. The zero-order valence-corrected chi connectivity index (χ0v) is 12.0.